The summed E-state index contributed by atoms with van der Waals surface area (Å²) < 4.78 is 5.55. The summed E-state index contributed by atoms with van der Waals surface area (Å²) >= 11 is 0. The Kier molecular flexibility index (Phi) is 4.53. The van der Waals surface area contributed by atoms with Crippen LogP contribution >= 0.6 is 0 Å². The minimum absolute atomic E-state index is 0.0906. The third-order valence-electron chi connectivity index (χ3n) is 3.41. The third kappa shape index (κ3) is 3.12. The van der Waals surface area contributed by atoms with Crippen LogP contribution in [0.4, 0.5) is 0 Å². The van der Waals surface area contributed by atoms with E-state index in [2.05, 4.69) is 6.07 Å². The molecule has 1 heterocycles. The molecule has 2 atom stereocenters. The maximum absolute atomic E-state index is 12.4. The maximum Gasteiger partial charge on any atom is 0.244 e. The van der Waals surface area contributed by atoms with Gasteiger partial charge in [0.05, 0.1) is 18.8 Å². The van der Waals surface area contributed by atoms with Gasteiger partial charge < -0.3 is 9.64 Å². The van der Waals surface area contributed by atoms with Crippen molar-refractivity contribution in [2.45, 2.75) is 25.4 Å². The first-order valence-corrected chi connectivity index (χ1v) is 6.61. The molecule has 2 unspecified atom stereocenters. The van der Waals surface area contributed by atoms with Crippen LogP contribution in [-0.2, 0) is 9.53 Å². The SMILES string of the molecule is CCC1CN(C(=O)C(C#N)c2ccccc2)CCO1. The van der Waals surface area contributed by atoms with Gasteiger partial charge in [0, 0.05) is 13.1 Å². The highest BCUT2D eigenvalue weighted by atomic mass is 16.5. The molecule has 1 fully saturated rings. The number of benzene rings is 1. The molecule has 0 bridgehead atoms. The average molecular weight is 258 g/mol. The Hall–Kier alpha value is -1.86. The van der Waals surface area contributed by atoms with Crippen molar-refractivity contribution in [3.8, 4) is 6.07 Å². The summed E-state index contributed by atoms with van der Waals surface area (Å²) in [5, 5.41) is 9.27. The van der Waals surface area contributed by atoms with Crippen LogP contribution in [0.2, 0.25) is 0 Å². The molecule has 0 N–H and O–H groups in total. The largest absolute Gasteiger partial charge is 0.375 e. The molecule has 1 aliphatic rings. The monoisotopic (exact) mass is 258 g/mol. The lowest BCUT2D eigenvalue weighted by Crippen LogP contribution is -2.47. The van der Waals surface area contributed by atoms with E-state index >= 15 is 0 Å². The van der Waals surface area contributed by atoms with Crippen molar-refractivity contribution in [1.82, 2.24) is 4.90 Å². The van der Waals surface area contributed by atoms with Gasteiger partial charge in [0.2, 0.25) is 5.91 Å². The van der Waals surface area contributed by atoms with E-state index in [4.69, 9.17) is 4.74 Å². The van der Waals surface area contributed by atoms with Gasteiger partial charge in [-0.25, -0.2) is 0 Å². The molecule has 0 spiro atoms. The van der Waals surface area contributed by atoms with Gasteiger partial charge in [-0.2, -0.15) is 5.26 Å². The number of morpholine rings is 1. The predicted molar refractivity (Wildman–Crippen MR) is 71.4 cm³/mol. The van der Waals surface area contributed by atoms with Gasteiger partial charge in [0.1, 0.15) is 5.92 Å². The Labute approximate surface area is 113 Å². The normalized spacial score (nSPS) is 20.6. The van der Waals surface area contributed by atoms with Crippen molar-refractivity contribution in [1.29, 1.82) is 5.26 Å². The Morgan fingerprint density at radius 3 is 2.89 bits per heavy atom. The summed E-state index contributed by atoms with van der Waals surface area (Å²) in [5.74, 6) is -0.827. The molecule has 4 heteroatoms. The summed E-state index contributed by atoms with van der Waals surface area (Å²) in [6.45, 7) is 3.75. The van der Waals surface area contributed by atoms with Gasteiger partial charge in [0.15, 0.2) is 0 Å². The number of ether oxygens (including phenoxy) is 1. The molecule has 1 aromatic rings. The van der Waals surface area contributed by atoms with E-state index in [9.17, 15) is 10.1 Å². The van der Waals surface area contributed by atoms with Crippen molar-refractivity contribution in [2.75, 3.05) is 19.7 Å². The lowest BCUT2D eigenvalue weighted by Gasteiger charge is -2.33. The fraction of sp³-hybridized carbons (Fsp3) is 0.467. The summed E-state index contributed by atoms with van der Waals surface area (Å²) in [7, 11) is 0. The van der Waals surface area contributed by atoms with Crippen molar-refractivity contribution >= 4 is 5.91 Å². The number of hydrogen-bond acceptors (Lipinski definition) is 3. The van der Waals surface area contributed by atoms with Gasteiger partial charge in [-0.3, -0.25) is 4.79 Å². The van der Waals surface area contributed by atoms with Crippen LogP contribution in [-0.4, -0.2) is 36.6 Å². The van der Waals surface area contributed by atoms with E-state index in [1.54, 1.807) is 4.90 Å². The number of carbonyl (C=O) groups excluding carboxylic acids is 1. The quantitative estimate of drug-likeness (QED) is 0.832. The number of nitriles is 1. The highest BCUT2D eigenvalue weighted by molar-refractivity contribution is 5.86. The molecule has 1 aromatic carbocycles. The summed E-state index contributed by atoms with van der Waals surface area (Å²) in [4.78, 5) is 14.2. The molecule has 1 saturated heterocycles. The van der Waals surface area contributed by atoms with Gasteiger partial charge in [-0.1, -0.05) is 37.3 Å². The Morgan fingerprint density at radius 1 is 1.53 bits per heavy atom. The van der Waals surface area contributed by atoms with Crippen LogP contribution < -0.4 is 0 Å². The lowest BCUT2D eigenvalue weighted by molar-refractivity contribution is -0.139. The van der Waals surface area contributed by atoms with Gasteiger partial charge in [0.25, 0.3) is 0 Å². The highest BCUT2D eigenvalue weighted by Gasteiger charge is 2.29. The first-order valence-electron chi connectivity index (χ1n) is 6.61. The molecule has 2 rings (SSSR count). The second-order valence-electron chi connectivity index (χ2n) is 4.66. The Balaban J connectivity index is 2.11. The fourth-order valence-corrected chi connectivity index (χ4v) is 2.27. The zero-order valence-corrected chi connectivity index (χ0v) is 11.1. The molecular weight excluding hydrogens is 240 g/mol. The van der Waals surface area contributed by atoms with E-state index < -0.39 is 5.92 Å². The standard InChI is InChI=1S/C15H18N2O2/c1-2-13-11-17(8-9-19-13)15(18)14(10-16)12-6-4-3-5-7-12/h3-7,13-14H,2,8-9,11H2,1H3. The molecule has 1 aliphatic heterocycles. The van der Waals surface area contributed by atoms with E-state index in [-0.39, 0.29) is 12.0 Å². The topological polar surface area (TPSA) is 53.3 Å². The molecule has 0 radical (unpaired) electrons. The molecular formula is C15H18N2O2. The van der Waals surface area contributed by atoms with Crippen LogP contribution in [0, 0.1) is 11.3 Å². The second-order valence-corrected chi connectivity index (χ2v) is 4.66. The highest BCUT2D eigenvalue weighted by Crippen LogP contribution is 2.19. The summed E-state index contributed by atoms with van der Waals surface area (Å²) in [6.07, 6.45) is 0.972. The maximum atomic E-state index is 12.4. The Bertz CT molecular complexity index is 467. The first-order chi connectivity index (χ1) is 9.26. The number of nitrogens with zero attached hydrogens (tertiary/aromatic N) is 2. The van der Waals surface area contributed by atoms with E-state index in [1.807, 2.05) is 37.3 Å². The number of carbonyl (C=O) groups is 1. The molecule has 4 nitrogen and oxygen atoms in total. The summed E-state index contributed by atoms with van der Waals surface area (Å²) in [5.41, 5.74) is 0.759. The van der Waals surface area contributed by atoms with Crippen LogP contribution in [0.15, 0.2) is 30.3 Å². The zero-order valence-electron chi connectivity index (χ0n) is 11.1. The molecule has 19 heavy (non-hydrogen) atoms. The van der Waals surface area contributed by atoms with E-state index in [0.717, 1.165) is 12.0 Å². The molecule has 0 saturated carbocycles. The van der Waals surface area contributed by atoms with Crippen LogP contribution in [0.25, 0.3) is 0 Å². The van der Waals surface area contributed by atoms with Crippen LogP contribution in [0.3, 0.4) is 0 Å². The van der Waals surface area contributed by atoms with Crippen molar-refractivity contribution in [3.63, 3.8) is 0 Å². The average Bonchev–Trinajstić information content (AvgIpc) is 2.49. The first kappa shape index (κ1) is 13.6. The number of amides is 1. The smallest absolute Gasteiger partial charge is 0.244 e. The van der Waals surface area contributed by atoms with Gasteiger partial charge in [-0.05, 0) is 12.0 Å². The number of hydrogen-bond donors (Lipinski definition) is 0. The van der Waals surface area contributed by atoms with Crippen molar-refractivity contribution in [2.24, 2.45) is 0 Å². The van der Waals surface area contributed by atoms with Crippen molar-refractivity contribution in [3.05, 3.63) is 35.9 Å². The molecule has 1 amide bonds. The van der Waals surface area contributed by atoms with Crippen LogP contribution in [0.1, 0.15) is 24.8 Å². The van der Waals surface area contributed by atoms with E-state index in [0.29, 0.717) is 19.7 Å². The molecule has 0 aromatic heterocycles. The Morgan fingerprint density at radius 2 is 2.26 bits per heavy atom. The second kappa shape index (κ2) is 6.35. The van der Waals surface area contributed by atoms with Gasteiger partial charge >= 0.3 is 0 Å². The third-order valence-corrected chi connectivity index (χ3v) is 3.41. The fourth-order valence-electron chi connectivity index (χ4n) is 2.27. The minimum atomic E-state index is -0.711. The lowest BCUT2D eigenvalue weighted by atomic mass is 9.98. The van der Waals surface area contributed by atoms with Crippen molar-refractivity contribution < 1.29 is 9.53 Å². The zero-order chi connectivity index (χ0) is 13.7. The number of rotatable bonds is 3. The van der Waals surface area contributed by atoms with Gasteiger partial charge in [-0.15, -0.1) is 0 Å². The van der Waals surface area contributed by atoms with Crippen LogP contribution in [0.5, 0.6) is 0 Å². The molecule has 100 valence electrons. The predicted octanol–water partition coefficient (Wildman–Crippen LogP) is 1.93. The molecule has 0 aliphatic carbocycles. The summed E-state index contributed by atoms with van der Waals surface area (Å²) in [6, 6.07) is 11.3. The van der Waals surface area contributed by atoms with E-state index in [1.165, 1.54) is 0 Å². The minimum Gasteiger partial charge on any atom is -0.375 e.